The normalized spacial score (nSPS) is 27.6. The number of rotatable bonds is 6. The van der Waals surface area contributed by atoms with Crippen molar-refractivity contribution < 1.29 is 9.18 Å². The summed E-state index contributed by atoms with van der Waals surface area (Å²) in [6, 6.07) is 15.9. The Bertz CT molecular complexity index is 1200. The minimum Gasteiger partial charge on any atom is -0.369 e. The number of carbonyl (C=O) groups excluding carboxylic acids is 1. The van der Waals surface area contributed by atoms with E-state index in [0.717, 1.165) is 50.5 Å². The lowest BCUT2D eigenvalue weighted by atomic mass is 9.80. The van der Waals surface area contributed by atoms with Crippen LogP contribution in [0.1, 0.15) is 88.7 Å². The summed E-state index contributed by atoms with van der Waals surface area (Å²) in [5.74, 6) is 1.95. The van der Waals surface area contributed by atoms with Gasteiger partial charge in [-0.15, -0.1) is 0 Å². The van der Waals surface area contributed by atoms with E-state index in [9.17, 15) is 9.18 Å². The van der Waals surface area contributed by atoms with Crippen molar-refractivity contribution in [1.82, 2.24) is 10.2 Å². The highest BCUT2D eigenvalue weighted by molar-refractivity contribution is 6.16. The summed E-state index contributed by atoms with van der Waals surface area (Å²) < 4.78 is 14.3. The monoisotopic (exact) mass is 516 g/mol. The second kappa shape index (κ2) is 10.4. The molecule has 2 aliphatic heterocycles. The Morgan fingerprint density at radius 1 is 1.08 bits per heavy atom. The zero-order chi connectivity index (χ0) is 26.3. The molecule has 2 aromatic carbocycles. The molecule has 38 heavy (non-hydrogen) atoms. The van der Waals surface area contributed by atoms with Crippen LogP contribution >= 0.6 is 0 Å². The molecule has 3 atom stereocenters. The number of piperidine rings is 1. The highest BCUT2D eigenvalue weighted by atomic mass is 19.1. The summed E-state index contributed by atoms with van der Waals surface area (Å²) in [7, 11) is 0. The third-order valence-corrected chi connectivity index (χ3v) is 9.54. The van der Waals surface area contributed by atoms with E-state index in [1.807, 2.05) is 6.07 Å². The van der Waals surface area contributed by atoms with Crippen LogP contribution in [0.5, 0.6) is 0 Å². The maximum Gasteiger partial charge on any atom is 0.350 e. The molecular formula is C32H41FN4O. The highest BCUT2D eigenvalue weighted by Gasteiger charge is 2.54. The zero-order valence-corrected chi connectivity index (χ0v) is 22.8. The van der Waals surface area contributed by atoms with Gasteiger partial charge in [-0.25, -0.2) is 9.18 Å². The molecule has 0 aromatic heterocycles. The van der Waals surface area contributed by atoms with Gasteiger partial charge in [-0.2, -0.15) is 4.99 Å². The van der Waals surface area contributed by atoms with E-state index >= 15 is 0 Å². The molecule has 1 N–H and O–H groups in total. The molecule has 2 saturated carbocycles. The lowest BCUT2D eigenvalue weighted by Gasteiger charge is -2.48. The molecule has 3 fully saturated rings. The standard InChI is InChI=1S/C32H41FN4O/c1-22-20-32(16-17-36(22)21-24-8-6-9-26(18-24)23(2)25-14-15-25)30(34-28-11-4-3-5-12-28)35-31(38)37(32)29-13-7-10-27(33)19-29/h6-10,13,18-19,22-23,25,28H,3-5,11-12,14-17,20-21H2,1-2H3,(H,34,35,38)/t22-,23+,32?/m0/s1. The highest BCUT2D eigenvalue weighted by Crippen LogP contribution is 2.43. The third-order valence-electron chi connectivity index (χ3n) is 9.54. The number of likely N-dealkylation sites (tertiary alicyclic amines) is 1. The van der Waals surface area contributed by atoms with Crippen LogP contribution in [0.25, 0.3) is 0 Å². The van der Waals surface area contributed by atoms with Gasteiger partial charge in [-0.3, -0.25) is 9.80 Å². The molecule has 1 saturated heterocycles. The summed E-state index contributed by atoms with van der Waals surface area (Å²) in [5, 5.41) is 3.72. The fraction of sp³-hybridized carbons (Fsp3) is 0.562. The van der Waals surface area contributed by atoms with Crippen molar-refractivity contribution in [3.05, 3.63) is 65.5 Å². The van der Waals surface area contributed by atoms with Crippen molar-refractivity contribution in [2.45, 2.75) is 102 Å². The Labute approximate surface area is 226 Å². The van der Waals surface area contributed by atoms with Gasteiger partial charge < -0.3 is 5.32 Å². The second-order valence-corrected chi connectivity index (χ2v) is 12.2. The Kier molecular flexibility index (Phi) is 7.02. The summed E-state index contributed by atoms with van der Waals surface area (Å²) in [6.45, 7) is 6.39. The zero-order valence-electron chi connectivity index (χ0n) is 22.8. The van der Waals surface area contributed by atoms with Crippen molar-refractivity contribution in [2.24, 2.45) is 10.9 Å². The first-order valence-electron chi connectivity index (χ1n) is 14.7. The molecule has 6 rings (SSSR count). The molecule has 2 aliphatic carbocycles. The molecule has 6 heteroatoms. The average molecular weight is 517 g/mol. The number of aliphatic imine (C=N–C) groups is 1. The molecule has 1 spiro atoms. The number of urea groups is 1. The van der Waals surface area contributed by atoms with Gasteiger partial charge in [0.2, 0.25) is 0 Å². The summed E-state index contributed by atoms with van der Waals surface area (Å²) in [4.78, 5) is 22.3. The lowest BCUT2D eigenvalue weighted by Crippen LogP contribution is -2.63. The maximum atomic E-state index is 14.3. The number of benzene rings is 2. The van der Waals surface area contributed by atoms with Crippen molar-refractivity contribution >= 4 is 17.6 Å². The number of amidine groups is 1. The van der Waals surface area contributed by atoms with Crippen molar-refractivity contribution in [2.75, 3.05) is 11.4 Å². The first-order valence-corrected chi connectivity index (χ1v) is 14.7. The molecule has 5 nitrogen and oxygen atoms in total. The number of halogens is 1. The van der Waals surface area contributed by atoms with Gasteiger partial charge in [0.25, 0.3) is 0 Å². The number of amides is 2. The van der Waals surface area contributed by atoms with Crippen LogP contribution in [0, 0.1) is 11.7 Å². The summed E-state index contributed by atoms with van der Waals surface area (Å²) in [5.41, 5.74) is 2.84. The molecule has 202 valence electrons. The van der Waals surface area contributed by atoms with E-state index in [2.05, 4.69) is 53.3 Å². The van der Waals surface area contributed by atoms with Crippen molar-refractivity contribution in [1.29, 1.82) is 0 Å². The fourth-order valence-electron chi connectivity index (χ4n) is 7.12. The predicted molar refractivity (Wildman–Crippen MR) is 151 cm³/mol. The average Bonchev–Trinajstić information content (AvgIpc) is 3.73. The Balaban J connectivity index is 1.24. The molecular weight excluding hydrogens is 475 g/mol. The predicted octanol–water partition coefficient (Wildman–Crippen LogP) is 7.02. The Hall–Kier alpha value is -2.73. The second-order valence-electron chi connectivity index (χ2n) is 12.2. The molecule has 0 radical (unpaired) electrons. The largest absolute Gasteiger partial charge is 0.369 e. The number of hydrogen-bond acceptors (Lipinski definition) is 3. The van der Waals surface area contributed by atoms with Gasteiger partial charge in [0.15, 0.2) is 0 Å². The first-order chi connectivity index (χ1) is 18.4. The molecule has 2 amide bonds. The van der Waals surface area contributed by atoms with Crippen LogP contribution in [0.4, 0.5) is 14.9 Å². The molecule has 2 aromatic rings. The number of hydrogen-bond donors (Lipinski definition) is 1. The van der Waals surface area contributed by atoms with Crippen LogP contribution < -0.4 is 10.2 Å². The third kappa shape index (κ3) is 5.00. The van der Waals surface area contributed by atoms with Gasteiger partial charge in [-0.1, -0.05) is 56.5 Å². The van der Waals surface area contributed by atoms with Gasteiger partial charge in [0, 0.05) is 30.9 Å². The van der Waals surface area contributed by atoms with E-state index in [1.54, 1.807) is 11.0 Å². The number of carbonyl (C=O) groups is 1. The SMILES string of the molecule is C[C@@H](c1cccc(CN2CCC3(C[C@@H]2C)C(NC2CCCCC2)=NC(=O)N3c2cccc(F)c2)c1)C1CC1. The van der Waals surface area contributed by atoms with E-state index < -0.39 is 5.54 Å². The molecule has 2 heterocycles. The van der Waals surface area contributed by atoms with Gasteiger partial charge in [-0.05, 0) is 86.6 Å². The van der Waals surface area contributed by atoms with E-state index in [0.29, 0.717) is 17.6 Å². The van der Waals surface area contributed by atoms with E-state index in [1.165, 1.54) is 55.4 Å². The van der Waals surface area contributed by atoms with Gasteiger partial charge in [0.1, 0.15) is 17.2 Å². The van der Waals surface area contributed by atoms with Crippen LogP contribution in [0.3, 0.4) is 0 Å². The van der Waals surface area contributed by atoms with Crippen LogP contribution in [0.2, 0.25) is 0 Å². The van der Waals surface area contributed by atoms with Crippen LogP contribution in [-0.2, 0) is 6.54 Å². The quantitative estimate of drug-likeness (QED) is 0.449. The topological polar surface area (TPSA) is 47.9 Å². The maximum absolute atomic E-state index is 14.3. The minimum atomic E-state index is -0.569. The number of anilines is 1. The summed E-state index contributed by atoms with van der Waals surface area (Å²) >= 11 is 0. The van der Waals surface area contributed by atoms with Crippen molar-refractivity contribution in [3.8, 4) is 0 Å². The van der Waals surface area contributed by atoms with E-state index in [4.69, 9.17) is 0 Å². The number of nitrogens with one attached hydrogen (secondary N) is 1. The van der Waals surface area contributed by atoms with Gasteiger partial charge in [0.05, 0.1) is 0 Å². The molecule has 1 unspecified atom stereocenters. The lowest BCUT2D eigenvalue weighted by molar-refractivity contribution is 0.122. The Morgan fingerprint density at radius 2 is 1.87 bits per heavy atom. The van der Waals surface area contributed by atoms with Crippen LogP contribution in [-0.4, -0.2) is 40.9 Å². The first kappa shape index (κ1) is 25.5. The number of nitrogens with zero attached hydrogens (tertiary/aromatic N) is 3. The molecule has 4 aliphatic rings. The Morgan fingerprint density at radius 3 is 2.61 bits per heavy atom. The van der Waals surface area contributed by atoms with Crippen molar-refractivity contribution in [3.63, 3.8) is 0 Å². The van der Waals surface area contributed by atoms with Gasteiger partial charge >= 0.3 is 6.03 Å². The molecule has 0 bridgehead atoms. The summed E-state index contributed by atoms with van der Waals surface area (Å²) in [6.07, 6.45) is 10.2. The van der Waals surface area contributed by atoms with Crippen LogP contribution in [0.15, 0.2) is 53.5 Å². The van der Waals surface area contributed by atoms with E-state index in [-0.39, 0.29) is 17.9 Å². The minimum absolute atomic E-state index is 0.244. The fourth-order valence-corrected chi connectivity index (χ4v) is 7.12. The smallest absolute Gasteiger partial charge is 0.350 e.